The number of carbonyl (C=O) groups is 1. The number of benzene rings is 2. The average Bonchev–Trinajstić information content (AvgIpc) is 2.54. The van der Waals surface area contributed by atoms with Gasteiger partial charge in [0.05, 0.1) is 17.6 Å². The van der Waals surface area contributed by atoms with Gasteiger partial charge in [-0.15, -0.1) is 0 Å². The van der Waals surface area contributed by atoms with Gasteiger partial charge in [-0.1, -0.05) is 0 Å². The Kier molecular flexibility index (Phi) is 4.90. The van der Waals surface area contributed by atoms with Crippen molar-refractivity contribution in [3.05, 3.63) is 52.1 Å². The van der Waals surface area contributed by atoms with Crippen LogP contribution in [0.4, 0.5) is 5.69 Å². The molecule has 0 fully saturated rings. The highest BCUT2D eigenvalue weighted by molar-refractivity contribution is 7.89. The SMILES string of the molecule is COc1ccc(Oc2c([N+](=O)[O-])cc(C(=O)O)cc2S(N)(=O)=O)cc1. The minimum absolute atomic E-state index is 0.0666. The number of carboxylic acid groups (broad SMARTS) is 1. The molecule has 2 aromatic rings. The number of sulfonamides is 1. The summed E-state index contributed by atoms with van der Waals surface area (Å²) >= 11 is 0. The van der Waals surface area contributed by atoms with Crippen LogP contribution in [0.15, 0.2) is 41.3 Å². The lowest BCUT2D eigenvalue weighted by molar-refractivity contribution is -0.385. The Labute approximate surface area is 141 Å². The topological polar surface area (TPSA) is 159 Å². The lowest BCUT2D eigenvalue weighted by Crippen LogP contribution is -2.15. The molecule has 11 heteroatoms. The number of nitro benzene ring substituents is 1. The maximum atomic E-state index is 11.8. The van der Waals surface area contributed by atoms with Gasteiger partial charge < -0.3 is 14.6 Å². The lowest BCUT2D eigenvalue weighted by atomic mass is 10.2. The number of nitrogens with zero attached hydrogens (tertiary/aromatic N) is 1. The van der Waals surface area contributed by atoms with Crippen molar-refractivity contribution in [1.29, 1.82) is 0 Å². The highest BCUT2D eigenvalue weighted by Gasteiger charge is 2.29. The van der Waals surface area contributed by atoms with E-state index in [1.807, 2.05) is 0 Å². The summed E-state index contributed by atoms with van der Waals surface area (Å²) in [5.74, 6) is -1.68. The fraction of sp³-hybridized carbons (Fsp3) is 0.0714. The Bertz CT molecular complexity index is 938. The molecule has 0 amide bonds. The largest absolute Gasteiger partial charge is 0.497 e. The number of rotatable bonds is 6. The van der Waals surface area contributed by atoms with Gasteiger partial charge in [0.1, 0.15) is 16.4 Å². The van der Waals surface area contributed by atoms with Crippen molar-refractivity contribution in [2.24, 2.45) is 5.14 Å². The highest BCUT2D eigenvalue weighted by Crippen LogP contribution is 2.38. The fourth-order valence-corrected chi connectivity index (χ4v) is 2.62. The van der Waals surface area contributed by atoms with Crippen molar-refractivity contribution in [2.75, 3.05) is 7.11 Å². The third-order valence-electron chi connectivity index (χ3n) is 3.06. The van der Waals surface area contributed by atoms with Crippen LogP contribution in [-0.2, 0) is 10.0 Å². The van der Waals surface area contributed by atoms with E-state index in [2.05, 4.69) is 0 Å². The van der Waals surface area contributed by atoms with Gasteiger partial charge in [0.15, 0.2) is 0 Å². The van der Waals surface area contributed by atoms with Crippen LogP contribution in [0.25, 0.3) is 0 Å². The predicted molar refractivity (Wildman–Crippen MR) is 84.5 cm³/mol. The second-order valence-electron chi connectivity index (χ2n) is 4.71. The molecule has 0 aromatic heterocycles. The maximum absolute atomic E-state index is 11.8. The molecule has 0 spiro atoms. The molecule has 2 aromatic carbocycles. The van der Waals surface area contributed by atoms with Crippen LogP contribution in [0.3, 0.4) is 0 Å². The average molecular weight is 368 g/mol. The number of nitro groups is 1. The van der Waals surface area contributed by atoms with E-state index in [0.717, 1.165) is 0 Å². The quantitative estimate of drug-likeness (QED) is 0.576. The lowest BCUT2D eigenvalue weighted by Gasteiger charge is -2.11. The zero-order chi connectivity index (χ0) is 18.8. The van der Waals surface area contributed by atoms with E-state index in [0.29, 0.717) is 17.9 Å². The van der Waals surface area contributed by atoms with Crippen LogP contribution in [0, 0.1) is 10.1 Å². The van der Waals surface area contributed by atoms with Crippen LogP contribution >= 0.6 is 0 Å². The first-order valence-electron chi connectivity index (χ1n) is 6.54. The summed E-state index contributed by atoms with van der Waals surface area (Å²) in [6.45, 7) is 0. The van der Waals surface area contributed by atoms with Gasteiger partial charge in [0.25, 0.3) is 0 Å². The zero-order valence-electron chi connectivity index (χ0n) is 12.7. The normalized spacial score (nSPS) is 11.0. The molecule has 0 aliphatic rings. The van der Waals surface area contributed by atoms with Gasteiger partial charge in [-0.2, -0.15) is 0 Å². The molecule has 0 saturated carbocycles. The summed E-state index contributed by atoms with van der Waals surface area (Å²) in [6.07, 6.45) is 0. The van der Waals surface area contributed by atoms with E-state index in [-0.39, 0.29) is 5.75 Å². The summed E-state index contributed by atoms with van der Waals surface area (Å²) in [5.41, 5.74) is -1.46. The third kappa shape index (κ3) is 4.02. The van der Waals surface area contributed by atoms with Gasteiger partial charge in [-0.3, -0.25) is 10.1 Å². The molecule has 132 valence electrons. The molecule has 25 heavy (non-hydrogen) atoms. The third-order valence-corrected chi connectivity index (χ3v) is 3.98. The molecular weight excluding hydrogens is 356 g/mol. The summed E-state index contributed by atoms with van der Waals surface area (Å²) < 4.78 is 33.8. The standard InChI is InChI=1S/C14H12N2O8S/c1-23-9-2-4-10(5-3-9)24-13-11(16(19)20)6-8(14(17)18)7-12(13)25(15,21)22/h2-7H,1H3,(H,17,18)(H2,15,21,22). The van der Waals surface area contributed by atoms with E-state index < -0.39 is 42.8 Å². The van der Waals surface area contributed by atoms with Gasteiger partial charge in [-0.05, 0) is 30.3 Å². The van der Waals surface area contributed by atoms with E-state index in [1.54, 1.807) is 0 Å². The van der Waals surface area contributed by atoms with E-state index >= 15 is 0 Å². The fourth-order valence-electron chi connectivity index (χ4n) is 1.92. The van der Waals surface area contributed by atoms with E-state index in [1.165, 1.54) is 31.4 Å². The van der Waals surface area contributed by atoms with Crippen molar-refractivity contribution in [2.45, 2.75) is 4.90 Å². The maximum Gasteiger partial charge on any atom is 0.335 e. The molecule has 3 N–H and O–H groups in total. The number of aromatic carboxylic acids is 1. The van der Waals surface area contributed by atoms with Crippen molar-refractivity contribution < 1.29 is 32.7 Å². The molecule has 0 atom stereocenters. The van der Waals surface area contributed by atoms with Crippen LogP contribution in [0.1, 0.15) is 10.4 Å². The van der Waals surface area contributed by atoms with Gasteiger partial charge in [0.2, 0.25) is 15.8 Å². The Morgan fingerprint density at radius 1 is 1.20 bits per heavy atom. The number of carboxylic acids is 1. The Morgan fingerprint density at radius 2 is 1.76 bits per heavy atom. The highest BCUT2D eigenvalue weighted by atomic mass is 32.2. The molecule has 0 heterocycles. The Hall–Kier alpha value is -3.18. The minimum Gasteiger partial charge on any atom is -0.497 e. The van der Waals surface area contributed by atoms with Crippen molar-refractivity contribution >= 4 is 21.7 Å². The minimum atomic E-state index is -4.50. The molecular formula is C14H12N2O8S. The summed E-state index contributed by atoms with van der Waals surface area (Å²) in [4.78, 5) is 20.6. The summed E-state index contributed by atoms with van der Waals surface area (Å²) in [6, 6.07) is 7.15. The molecule has 2 rings (SSSR count). The van der Waals surface area contributed by atoms with Crippen LogP contribution < -0.4 is 14.6 Å². The number of hydrogen-bond donors (Lipinski definition) is 2. The first-order chi connectivity index (χ1) is 11.6. The molecule has 0 bridgehead atoms. The number of ether oxygens (including phenoxy) is 2. The Morgan fingerprint density at radius 3 is 2.20 bits per heavy atom. The van der Waals surface area contributed by atoms with Crippen LogP contribution in [0.2, 0.25) is 0 Å². The summed E-state index contributed by atoms with van der Waals surface area (Å²) in [5, 5.41) is 25.3. The molecule has 0 aliphatic carbocycles. The van der Waals surface area contributed by atoms with Crippen molar-refractivity contribution in [3.8, 4) is 17.2 Å². The summed E-state index contributed by atoms with van der Waals surface area (Å²) in [7, 11) is -3.06. The van der Waals surface area contributed by atoms with Crippen LogP contribution in [0.5, 0.6) is 17.2 Å². The molecule has 0 unspecified atom stereocenters. The van der Waals surface area contributed by atoms with Crippen molar-refractivity contribution in [1.82, 2.24) is 0 Å². The number of methoxy groups -OCH3 is 1. The monoisotopic (exact) mass is 368 g/mol. The van der Waals surface area contributed by atoms with E-state index in [9.17, 15) is 23.3 Å². The molecule has 0 saturated heterocycles. The molecule has 0 aliphatic heterocycles. The van der Waals surface area contributed by atoms with E-state index in [4.69, 9.17) is 19.7 Å². The number of hydrogen-bond acceptors (Lipinski definition) is 7. The van der Waals surface area contributed by atoms with Crippen molar-refractivity contribution in [3.63, 3.8) is 0 Å². The smallest absolute Gasteiger partial charge is 0.335 e. The second kappa shape index (κ2) is 6.75. The zero-order valence-corrected chi connectivity index (χ0v) is 13.5. The first-order valence-corrected chi connectivity index (χ1v) is 8.08. The van der Waals surface area contributed by atoms with Gasteiger partial charge >= 0.3 is 11.7 Å². The first kappa shape index (κ1) is 18.2. The Balaban J connectivity index is 2.68. The second-order valence-corrected chi connectivity index (χ2v) is 6.24. The predicted octanol–water partition coefficient (Wildman–Crippen LogP) is 1.74. The van der Waals surface area contributed by atoms with Gasteiger partial charge in [-0.25, -0.2) is 18.4 Å². The van der Waals surface area contributed by atoms with Gasteiger partial charge in [0, 0.05) is 6.07 Å². The number of primary sulfonamides is 1. The van der Waals surface area contributed by atoms with Crippen LogP contribution in [-0.4, -0.2) is 31.5 Å². The molecule has 0 radical (unpaired) electrons. The molecule has 10 nitrogen and oxygen atoms in total. The number of nitrogens with two attached hydrogens (primary N) is 1.